The number of benzene rings is 3. The van der Waals surface area contributed by atoms with E-state index < -0.39 is 23.5 Å². The van der Waals surface area contributed by atoms with Gasteiger partial charge in [-0.1, -0.05) is 48.2 Å². The molecule has 0 bridgehead atoms. The molecule has 0 spiro atoms. The van der Waals surface area contributed by atoms with Crippen LogP contribution in [-0.4, -0.2) is 57.5 Å². The number of hydrogen-bond donors (Lipinski definition) is 1. The van der Waals surface area contributed by atoms with Crippen molar-refractivity contribution in [1.29, 1.82) is 0 Å². The van der Waals surface area contributed by atoms with Crippen molar-refractivity contribution >= 4 is 17.4 Å². The monoisotopic (exact) mass is 544 g/mol. The van der Waals surface area contributed by atoms with Crippen LogP contribution in [0.3, 0.4) is 0 Å². The number of quaternary nitrogens is 1. The van der Waals surface area contributed by atoms with Crippen molar-refractivity contribution in [2.45, 2.75) is 26.5 Å². The van der Waals surface area contributed by atoms with E-state index >= 15 is 0 Å². The summed E-state index contributed by atoms with van der Waals surface area (Å²) in [7, 11) is 5.47. The van der Waals surface area contributed by atoms with E-state index in [1.165, 1.54) is 12.0 Å². The van der Waals surface area contributed by atoms with Crippen molar-refractivity contribution in [2.75, 3.05) is 40.9 Å². The molecule has 0 saturated carbocycles. The van der Waals surface area contributed by atoms with Crippen molar-refractivity contribution in [3.05, 3.63) is 94.6 Å². The number of hydrogen-bond acceptors (Lipinski definition) is 6. The largest absolute Gasteiger partial charge is 0.872 e. The number of Topliss-reactive ketones (excluding diaryl/α,β-unsaturated/α-hetero) is 1. The van der Waals surface area contributed by atoms with Crippen molar-refractivity contribution < 1.29 is 33.8 Å². The molecule has 8 nitrogen and oxygen atoms in total. The number of amides is 1. The average Bonchev–Trinajstić information content (AvgIpc) is 3.20. The van der Waals surface area contributed by atoms with Gasteiger partial charge in [0.15, 0.2) is 11.5 Å². The van der Waals surface area contributed by atoms with Gasteiger partial charge in [-0.3, -0.25) is 9.59 Å². The molecule has 0 radical (unpaired) electrons. The summed E-state index contributed by atoms with van der Waals surface area (Å²) in [5.74, 6) is -0.304. The number of nitrogens with zero attached hydrogens (tertiary/aromatic N) is 1. The van der Waals surface area contributed by atoms with E-state index in [1.807, 2.05) is 51.4 Å². The number of carbonyl (C=O) groups excluding carboxylic acids is 2. The van der Waals surface area contributed by atoms with E-state index in [1.54, 1.807) is 43.3 Å². The zero-order valence-corrected chi connectivity index (χ0v) is 23.7. The molecule has 1 aliphatic rings. The van der Waals surface area contributed by atoms with Gasteiger partial charge < -0.3 is 29.1 Å². The summed E-state index contributed by atoms with van der Waals surface area (Å²) < 4.78 is 17.1. The zero-order chi connectivity index (χ0) is 28.8. The standard InChI is InChI=1S/C32H36N2O6/c1-6-39-26-15-12-23(19-27(26)38-5)29-28(31(36)32(37)34(29)17-16-33(3)4)30(35)25-14-13-24(18-21(25)2)40-20-22-10-8-7-9-11-22/h7-15,18-19,29,35H,6,16-17,20H2,1-5H3. The Bertz CT molecular complexity index is 1400. The lowest BCUT2D eigenvalue weighted by molar-refractivity contribution is -0.857. The van der Waals surface area contributed by atoms with Crippen molar-refractivity contribution in [3.63, 3.8) is 0 Å². The number of carbonyl (C=O) groups is 2. The Morgan fingerprint density at radius 1 is 0.975 bits per heavy atom. The highest BCUT2D eigenvalue weighted by molar-refractivity contribution is 6.46. The third kappa shape index (κ3) is 6.13. The summed E-state index contributed by atoms with van der Waals surface area (Å²) in [6, 6.07) is 19.4. The van der Waals surface area contributed by atoms with Crippen LogP contribution < -0.4 is 24.2 Å². The number of nitrogens with one attached hydrogen (secondary N) is 1. The molecular formula is C32H36N2O6. The topological polar surface area (TPSA) is 92.6 Å². The van der Waals surface area contributed by atoms with Crippen LogP contribution in [0.15, 0.2) is 72.3 Å². The fraction of sp³-hybridized carbons (Fsp3) is 0.312. The minimum atomic E-state index is -0.843. The summed E-state index contributed by atoms with van der Waals surface area (Å²) in [6.45, 7) is 5.44. The van der Waals surface area contributed by atoms with Gasteiger partial charge in [0.2, 0.25) is 5.78 Å². The fourth-order valence-electron chi connectivity index (χ4n) is 4.79. The number of likely N-dealkylation sites (N-methyl/N-ethyl adjacent to an activating group) is 1. The molecule has 1 N–H and O–H groups in total. The minimum Gasteiger partial charge on any atom is -0.872 e. The number of methoxy groups -OCH3 is 1. The molecule has 1 fully saturated rings. The molecule has 0 aromatic heterocycles. The van der Waals surface area contributed by atoms with Gasteiger partial charge >= 0.3 is 0 Å². The summed E-state index contributed by atoms with van der Waals surface area (Å²) in [5.41, 5.74) is 2.58. The second-order valence-electron chi connectivity index (χ2n) is 10.0. The third-order valence-corrected chi connectivity index (χ3v) is 6.88. The molecular weight excluding hydrogens is 508 g/mol. The van der Waals surface area contributed by atoms with Gasteiger partial charge in [-0.25, -0.2) is 0 Å². The summed E-state index contributed by atoms with van der Waals surface area (Å²) in [5, 5.41) is 14.0. The number of ether oxygens (including phenoxy) is 3. The zero-order valence-electron chi connectivity index (χ0n) is 23.7. The van der Waals surface area contributed by atoms with E-state index in [0.29, 0.717) is 60.2 Å². The van der Waals surface area contributed by atoms with E-state index in [0.717, 1.165) is 10.5 Å². The molecule has 1 atom stereocenters. The van der Waals surface area contributed by atoms with Gasteiger partial charge in [-0.2, -0.15) is 0 Å². The van der Waals surface area contributed by atoms with E-state index in [2.05, 4.69) is 0 Å². The number of ketones is 1. The molecule has 40 heavy (non-hydrogen) atoms. The maximum absolute atomic E-state index is 14.0. The predicted octanol–water partition coefficient (Wildman–Crippen LogP) is 2.35. The Balaban J connectivity index is 1.74. The first-order chi connectivity index (χ1) is 19.2. The Kier molecular flexibility index (Phi) is 9.11. The van der Waals surface area contributed by atoms with Gasteiger partial charge in [0, 0.05) is 5.57 Å². The third-order valence-electron chi connectivity index (χ3n) is 6.88. The molecule has 210 valence electrons. The van der Waals surface area contributed by atoms with E-state index in [9.17, 15) is 14.7 Å². The first-order valence-corrected chi connectivity index (χ1v) is 13.4. The molecule has 3 aromatic rings. The lowest BCUT2D eigenvalue weighted by atomic mass is 9.93. The molecule has 1 aliphatic heterocycles. The number of likely N-dealkylation sites (tertiary alicyclic amines) is 1. The van der Waals surface area contributed by atoms with Gasteiger partial charge in [0.05, 0.1) is 46.9 Å². The summed E-state index contributed by atoms with van der Waals surface area (Å²) in [4.78, 5) is 29.2. The van der Waals surface area contributed by atoms with E-state index in [-0.39, 0.29) is 5.57 Å². The SMILES string of the molecule is CCOc1ccc(C2C(=C([O-])c3ccc(OCc4ccccc4)cc3C)C(=O)C(=O)N2CC[NH+](C)C)cc1OC. The summed E-state index contributed by atoms with van der Waals surface area (Å²) >= 11 is 0. The normalized spacial score (nSPS) is 16.4. The van der Waals surface area contributed by atoms with Crippen LogP contribution in [-0.2, 0) is 16.2 Å². The lowest BCUT2D eigenvalue weighted by Gasteiger charge is -2.28. The maximum Gasteiger partial charge on any atom is 0.295 e. The Morgan fingerprint density at radius 3 is 2.38 bits per heavy atom. The molecule has 0 aliphatic carbocycles. The van der Waals surface area contributed by atoms with Crippen LogP contribution in [0, 0.1) is 6.92 Å². The number of rotatable bonds is 11. The Morgan fingerprint density at radius 2 is 1.73 bits per heavy atom. The van der Waals surface area contributed by atoms with Gasteiger partial charge in [-0.05, 0) is 60.4 Å². The highest BCUT2D eigenvalue weighted by Crippen LogP contribution is 2.41. The van der Waals surface area contributed by atoms with Gasteiger partial charge in [0.1, 0.15) is 12.4 Å². The van der Waals surface area contributed by atoms with Crippen LogP contribution in [0.5, 0.6) is 17.2 Å². The van der Waals surface area contributed by atoms with Crippen LogP contribution in [0.25, 0.3) is 5.76 Å². The second-order valence-corrected chi connectivity index (χ2v) is 10.0. The second kappa shape index (κ2) is 12.7. The molecule has 1 heterocycles. The minimum absolute atomic E-state index is 0.0639. The Labute approximate surface area is 235 Å². The first kappa shape index (κ1) is 28.7. The van der Waals surface area contributed by atoms with E-state index in [4.69, 9.17) is 14.2 Å². The van der Waals surface area contributed by atoms with Crippen LogP contribution in [0.1, 0.15) is 35.2 Å². The number of aryl methyl sites for hydroxylation is 1. The van der Waals surface area contributed by atoms with Gasteiger partial charge in [-0.15, -0.1) is 0 Å². The smallest absolute Gasteiger partial charge is 0.295 e. The molecule has 1 amide bonds. The molecule has 3 aromatic carbocycles. The highest BCUT2D eigenvalue weighted by atomic mass is 16.5. The first-order valence-electron chi connectivity index (χ1n) is 13.4. The summed E-state index contributed by atoms with van der Waals surface area (Å²) in [6.07, 6.45) is 0. The van der Waals surface area contributed by atoms with Crippen LogP contribution in [0.4, 0.5) is 0 Å². The Hall–Kier alpha value is -4.30. The fourth-order valence-corrected chi connectivity index (χ4v) is 4.79. The van der Waals surface area contributed by atoms with Crippen molar-refractivity contribution in [1.82, 2.24) is 4.90 Å². The van der Waals surface area contributed by atoms with Crippen LogP contribution in [0.2, 0.25) is 0 Å². The molecule has 4 rings (SSSR count). The lowest BCUT2D eigenvalue weighted by Crippen LogP contribution is -3.06. The highest BCUT2D eigenvalue weighted by Gasteiger charge is 2.44. The average molecular weight is 545 g/mol. The molecule has 8 heteroatoms. The van der Waals surface area contributed by atoms with Gasteiger partial charge in [0.25, 0.3) is 5.91 Å². The van der Waals surface area contributed by atoms with Crippen molar-refractivity contribution in [2.24, 2.45) is 0 Å². The molecule has 1 saturated heterocycles. The molecule has 1 unspecified atom stereocenters. The maximum atomic E-state index is 14.0. The predicted molar refractivity (Wildman–Crippen MR) is 150 cm³/mol. The quantitative estimate of drug-likeness (QED) is 0.226. The van der Waals surface area contributed by atoms with Crippen molar-refractivity contribution in [3.8, 4) is 17.2 Å². The van der Waals surface area contributed by atoms with Crippen LogP contribution >= 0.6 is 0 Å².